The van der Waals surface area contributed by atoms with Crippen LogP contribution in [0.2, 0.25) is 0 Å². The maximum Gasteiger partial charge on any atom is 0.472 e. The highest BCUT2D eigenvalue weighted by atomic mass is 31.2. The molecule has 0 fully saturated rings. The molecular formula is C81H136NO8P. The van der Waals surface area contributed by atoms with Crippen LogP contribution in [0.3, 0.4) is 0 Å². The smallest absolute Gasteiger partial charge is 0.462 e. The summed E-state index contributed by atoms with van der Waals surface area (Å²) in [5.41, 5.74) is 5.41. The van der Waals surface area contributed by atoms with Crippen molar-refractivity contribution < 1.29 is 37.6 Å². The van der Waals surface area contributed by atoms with Gasteiger partial charge in [0, 0.05) is 19.4 Å². The molecule has 518 valence electrons. The monoisotopic (exact) mass is 1280 g/mol. The Morgan fingerprint density at radius 3 is 0.846 bits per heavy atom. The predicted octanol–water partition coefficient (Wildman–Crippen LogP) is 24.7. The van der Waals surface area contributed by atoms with Gasteiger partial charge in [0.05, 0.1) is 13.2 Å². The van der Waals surface area contributed by atoms with Crippen LogP contribution in [0.25, 0.3) is 0 Å². The Labute approximate surface area is 559 Å². The lowest BCUT2D eigenvalue weighted by molar-refractivity contribution is -0.161. The minimum atomic E-state index is -4.40. The molecule has 0 heterocycles. The molecule has 0 saturated heterocycles. The molecule has 0 aromatic carbocycles. The van der Waals surface area contributed by atoms with E-state index < -0.39 is 26.5 Å². The summed E-state index contributed by atoms with van der Waals surface area (Å²) < 4.78 is 33.2. The second-order valence-electron chi connectivity index (χ2n) is 24.0. The first-order valence-electron chi connectivity index (χ1n) is 37.0. The number of hydrogen-bond donors (Lipinski definition) is 2. The van der Waals surface area contributed by atoms with E-state index in [1.807, 2.05) is 0 Å². The molecule has 2 unspecified atom stereocenters. The quantitative estimate of drug-likeness (QED) is 0.0264. The van der Waals surface area contributed by atoms with Crippen molar-refractivity contribution in [1.29, 1.82) is 0 Å². The Hall–Kier alpha value is -4.37. The van der Waals surface area contributed by atoms with E-state index in [2.05, 4.69) is 172 Å². The number of unbranched alkanes of at least 4 members (excludes halogenated alkanes) is 29. The lowest BCUT2D eigenvalue weighted by Gasteiger charge is -2.19. The molecule has 0 aliphatic rings. The number of phosphoric acid groups is 1. The van der Waals surface area contributed by atoms with Gasteiger partial charge in [-0.2, -0.15) is 0 Å². The fourth-order valence-corrected chi connectivity index (χ4v) is 10.8. The van der Waals surface area contributed by atoms with Crippen molar-refractivity contribution in [3.8, 4) is 0 Å². The molecule has 0 bridgehead atoms. The van der Waals surface area contributed by atoms with Crippen LogP contribution in [0.15, 0.2) is 158 Å². The van der Waals surface area contributed by atoms with E-state index >= 15 is 0 Å². The topological polar surface area (TPSA) is 134 Å². The van der Waals surface area contributed by atoms with Crippen LogP contribution in [0.1, 0.15) is 309 Å². The maximum absolute atomic E-state index is 12.8. The average Bonchev–Trinajstić information content (AvgIpc) is 3.74. The summed E-state index contributed by atoms with van der Waals surface area (Å²) in [5, 5.41) is 0. The molecule has 0 aliphatic carbocycles. The number of carbonyl (C=O) groups is 2. The normalized spacial score (nSPS) is 13.8. The molecule has 0 saturated carbocycles. The van der Waals surface area contributed by atoms with Crippen LogP contribution in [-0.4, -0.2) is 49.3 Å². The Morgan fingerprint density at radius 2 is 0.571 bits per heavy atom. The average molecular weight is 1280 g/mol. The van der Waals surface area contributed by atoms with Gasteiger partial charge in [-0.05, 0) is 122 Å². The molecule has 10 heteroatoms. The number of carbonyl (C=O) groups excluding carboxylic acids is 2. The van der Waals surface area contributed by atoms with E-state index in [-0.39, 0.29) is 38.6 Å². The molecule has 0 aromatic rings. The summed E-state index contributed by atoms with van der Waals surface area (Å²) in [4.78, 5) is 35.4. The Balaban J connectivity index is 3.90. The first-order valence-corrected chi connectivity index (χ1v) is 38.5. The number of hydrogen-bond acceptors (Lipinski definition) is 8. The summed E-state index contributed by atoms with van der Waals surface area (Å²) in [5.74, 6) is -0.828. The predicted molar refractivity (Wildman–Crippen MR) is 394 cm³/mol. The van der Waals surface area contributed by atoms with Crippen molar-refractivity contribution in [3.63, 3.8) is 0 Å². The van der Waals surface area contributed by atoms with E-state index in [0.29, 0.717) is 6.42 Å². The summed E-state index contributed by atoms with van der Waals surface area (Å²) in [7, 11) is -4.40. The lowest BCUT2D eigenvalue weighted by Crippen LogP contribution is -2.29. The minimum Gasteiger partial charge on any atom is -0.462 e. The number of nitrogens with two attached hydrogens (primary N) is 1. The van der Waals surface area contributed by atoms with Crippen LogP contribution in [0, 0.1) is 0 Å². The van der Waals surface area contributed by atoms with Crippen molar-refractivity contribution in [2.75, 3.05) is 26.4 Å². The molecule has 0 rings (SSSR count). The van der Waals surface area contributed by atoms with Crippen LogP contribution in [0.5, 0.6) is 0 Å². The number of phosphoric ester groups is 1. The SMILES string of the molecule is CC/C=C\C/C=C\C/C=C\C/C=C\C/C=C\C/C=C\C/C=C\C/C=C\CCCCCCCCCCCCCCC(=O)OC(COC(=O)CCCCCCCCCCCCCCCCCCC/C=C\C/C=C\C/C=C\C/C=C\C/C=C\CC)COP(=O)(O)OCCN. The zero-order valence-electron chi connectivity index (χ0n) is 58.3. The van der Waals surface area contributed by atoms with Gasteiger partial charge in [-0.25, -0.2) is 4.57 Å². The fraction of sp³-hybridized carbons (Fsp3) is 0.654. The van der Waals surface area contributed by atoms with E-state index in [9.17, 15) is 19.0 Å². The van der Waals surface area contributed by atoms with Gasteiger partial charge in [0.1, 0.15) is 6.61 Å². The lowest BCUT2D eigenvalue weighted by atomic mass is 10.0. The largest absolute Gasteiger partial charge is 0.472 e. The number of rotatable bonds is 68. The van der Waals surface area contributed by atoms with Gasteiger partial charge in [0.25, 0.3) is 0 Å². The Bertz CT molecular complexity index is 2050. The third-order valence-corrected chi connectivity index (χ3v) is 16.4. The van der Waals surface area contributed by atoms with Crippen molar-refractivity contribution in [2.24, 2.45) is 5.73 Å². The fourth-order valence-electron chi connectivity index (χ4n) is 10.0. The molecule has 0 spiro atoms. The number of allylic oxidation sites excluding steroid dienone is 26. The molecule has 91 heavy (non-hydrogen) atoms. The van der Waals surface area contributed by atoms with E-state index in [1.54, 1.807) is 0 Å². The van der Waals surface area contributed by atoms with Crippen LogP contribution >= 0.6 is 7.82 Å². The van der Waals surface area contributed by atoms with E-state index in [0.717, 1.165) is 122 Å². The van der Waals surface area contributed by atoms with Crippen molar-refractivity contribution >= 4 is 19.8 Å². The van der Waals surface area contributed by atoms with Crippen molar-refractivity contribution in [1.82, 2.24) is 0 Å². The highest BCUT2D eigenvalue weighted by molar-refractivity contribution is 7.47. The third kappa shape index (κ3) is 74.5. The zero-order chi connectivity index (χ0) is 65.8. The zero-order valence-corrected chi connectivity index (χ0v) is 59.2. The van der Waals surface area contributed by atoms with Crippen molar-refractivity contribution in [2.45, 2.75) is 315 Å². The molecule has 0 amide bonds. The van der Waals surface area contributed by atoms with E-state index in [1.165, 1.54) is 154 Å². The van der Waals surface area contributed by atoms with Crippen LogP contribution < -0.4 is 5.73 Å². The summed E-state index contributed by atoms with van der Waals surface area (Å²) in [6.45, 7) is 3.53. The van der Waals surface area contributed by atoms with Gasteiger partial charge in [-0.15, -0.1) is 0 Å². The van der Waals surface area contributed by atoms with Gasteiger partial charge >= 0.3 is 19.8 Å². The highest BCUT2D eigenvalue weighted by Crippen LogP contribution is 2.43. The van der Waals surface area contributed by atoms with Crippen LogP contribution in [0.4, 0.5) is 0 Å². The molecule has 0 radical (unpaired) electrons. The second kappa shape index (κ2) is 74.7. The molecular weight excluding hydrogens is 1150 g/mol. The molecule has 2 atom stereocenters. The summed E-state index contributed by atoms with van der Waals surface area (Å²) in [6.07, 6.45) is 109. The molecule has 0 aromatic heterocycles. The Kier molecular flexibility index (Phi) is 71.1. The van der Waals surface area contributed by atoms with E-state index in [4.69, 9.17) is 24.3 Å². The third-order valence-electron chi connectivity index (χ3n) is 15.4. The molecule has 3 N–H and O–H groups in total. The van der Waals surface area contributed by atoms with Crippen LogP contribution in [-0.2, 0) is 32.7 Å². The maximum atomic E-state index is 12.8. The second-order valence-corrected chi connectivity index (χ2v) is 25.5. The molecule has 0 aliphatic heterocycles. The minimum absolute atomic E-state index is 0.0477. The van der Waals surface area contributed by atoms with Gasteiger partial charge in [0.15, 0.2) is 6.10 Å². The van der Waals surface area contributed by atoms with Gasteiger partial charge in [0.2, 0.25) is 0 Å². The van der Waals surface area contributed by atoms with Crippen molar-refractivity contribution in [3.05, 3.63) is 158 Å². The highest BCUT2D eigenvalue weighted by Gasteiger charge is 2.26. The van der Waals surface area contributed by atoms with Gasteiger partial charge in [-0.1, -0.05) is 332 Å². The standard InChI is InChI=1S/C81H136NO8P/c1-3-5-7-9-11-13-15-17-19-21-23-25-27-29-31-33-35-37-38-39-40-42-44-46-48-50-52-54-56-58-60-62-64-66-68-70-72-74-81(84)90-79(78-89-91(85,86)88-76-75-82)77-87-80(83)73-71-69-67-65-63-61-59-57-55-53-51-49-47-45-43-41-36-34-32-30-28-26-24-22-20-18-16-14-12-10-8-6-4-2/h5-8,11-14,17-20,23-26,29-32,35,37,39-40,44,46,79H,3-4,9-10,15-16,21-22,27-28,33-34,36,38,41-43,45,47-78,82H2,1-2H3,(H,85,86)/b7-5-,8-6-,13-11-,14-12-,19-17-,20-18-,25-23-,26-24-,31-29-,32-30-,37-35-,40-39-,46-44-. The first-order chi connectivity index (χ1) is 44.8. The van der Waals surface area contributed by atoms with Gasteiger partial charge < -0.3 is 20.1 Å². The Morgan fingerprint density at radius 1 is 0.330 bits per heavy atom. The summed E-state index contributed by atoms with van der Waals surface area (Å²) >= 11 is 0. The number of ether oxygens (including phenoxy) is 2. The molecule has 9 nitrogen and oxygen atoms in total. The summed E-state index contributed by atoms with van der Waals surface area (Å²) in [6, 6.07) is 0. The van der Waals surface area contributed by atoms with Gasteiger partial charge in [-0.3, -0.25) is 18.6 Å². The number of esters is 2. The first kappa shape index (κ1) is 86.6.